The van der Waals surface area contributed by atoms with Crippen LogP contribution in [0.5, 0.6) is 0 Å². The molecule has 0 spiro atoms. The van der Waals surface area contributed by atoms with Crippen molar-refractivity contribution in [2.75, 3.05) is 26.2 Å². The summed E-state index contributed by atoms with van der Waals surface area (Å²) in [4.78, 5) is 2.64. The zero-order valence-corrected chi connectivity index (χ0v) is 13.7. The second-order valence-corrected chi connectivity index (χ2v) is 7.66. The first kappa shape index (κ1) is 16.3. The van der Waals surface area contributed by atoms with E-state index in [0.717, 1.165) is 24.8 Å². The average Bonchev–Trinajstić information content (AvgIpc) is 2.44. The van der Waals surface area contributed by atoms with Gasteiger partial charge in [0, 0.05) is 18.1 Å². The molecule has 0 aromatic rings. The molecule has 1 aliphatic carbocycles. The average molecular weight is 282 g/mol. The van der Waals surface area contributed by atoms with E-state index < -0.39 is 0 Å². The van der Waals surface area contributed by atoms with Crippen molar-refractivity contribution in [2.24, 2.45) is 11.8 Å². The molecule has 0 radical (unpaired) electrons. The number of hydrogen-bond acceptors (Lipinski definition) is 3. The predicted molar refractivity (Wildman–Crippen MR) is 84.9 cm³/mol. The molecule has 1 aliphatic heterocycles. The molecule has 3 nitrogen and oxygen atoms in total. The summed E-state index contributed by atoms with van der Waals surface area (Å²) >= 11 is 0. The fourth-order valence-corrected chi connectivity index (χ4v) is 4.18. The van der Waals surface area contributed by atoms with E-state index in [2.05, 4.69) is 31.0 Å². The molecule has 2 aliphatic rings. The van der Waals surface area contributed by atoms with Crippen molar-refractivity contribution in [1.82, 2.24) is 10.2 Å². The van der Waals surface area contributed by atoms with Crippen LogP contribution in [0.1, 0.15) is 59.3 Å². The van der Waals surface area contributed by atoms with Gasteiger partial charge in [-0.1, -0.05) is 33.1 Å². The van der Waals surface area contributed by atoms with Crippen LogP contribution in [0.4, 0.5) is 0 Å². The Hall–Kier alpha value is -0.120. The fraction of sp³-hybridized carbons (Fsp3) is 1.00. The van der Waals surface area contributed by atoms with E-state index in [9.17, 15) is 5.11 Å². The summed E-state index contributed by atoms with van der Waals surface area (Å²) in [6.07, 6.45) is 8.27. The van der Waals surface area contributed by atoms with E-state index in [-0.39, 0.29) is 12.1 Å². The Morgan fingerprint density at radius 2 is 1.90 bits per heavy atom. The number of aliphatic hydroxyl groups is 1. The molecule has 3 atom stereocenters. The largest absolute Gasteiger partial charge is 0.394 e. The summed E-state index contributed by atoms with van der Waals surface area (Å²) in [5, 5.41) is 13.2. The van der Waals surface area contributed by atoms with Gasteiger partial charge in [0.05, 0.1) is 6.61 Å². The van der Waals surface area contributed by atoms with Crippen molar-refractivity contribution in [3.05, 3.63) is 0 Å². The molecule has 2 N–H and O–H groups in total. The minimum atomic E-state index is -0.127. The fourth-order valence-electron chi connectivity index (χ4n) is 4.18. The van der Waals surface area contributed by atoms with E-state index in [4.69, 9.17) is 0 Å². The Kier molecular flexibility index (Phi) is 5.88. The van der Waals surface area contributed by atoms with Gasteiger partial charge >= 0.3 is 0 Å². The minimum Gasteiger partial charge on any atom is -0.394 e. The quantitative estimate of drug-likeness (QED) is 0.786. The number of nitrogens with one attached hydrogen (secondary N) is 1. The van der Waals surface area contributed by atoms with Crippen molar-refractivity contribution in [3.8, 4) is 0 Å². The van der Waals surface area contributed by atoms with Gasteiger partial charge in [0.25, 0.3) is 0 Å². The zero-order chi connectivity index (χ0) is 14.6. The highest BCUT2D eigenvalue weighted by Gasteiger charge is 2.32. The Morgan fingerprint density at radius 1 is 1.20 bits per heavy atom. The van der Waals surface area contributed by atoms with Crippen molar-refractivity contribution in [2.45, 2.75) is 70.9 Å². The second-order valence-electron chi connectivity index (χ2n) is 7.66. The molecular weight excluding hydrogens is 248 g/mol. The highest BCUT2D eigenvalue weighted by Crippen LogP contribution is 2.36. The Bertz CT molecular complexity index is 295. The molecule has 2 fully saturated rings. The molecular formula is C17H34N2O. The standard InChI is InChI=1S/C17H34N2O/c1-14(2)18-17(3,13-20)9-11-19-10-8-15-6-4-5-7-16(15)12-19/h14-16,18,20H,4-13H2,1-3H3. The van der Waals surface area contributed by atoms with Gasteiger partial charge in [-0.3, -0.25) is 0 Å². The van der Waals surface area contributed by atoms with Crippen LogP contribution in [0.25, 0.3) is 0 Å². The van der Waals surface area contributed by atoms with Crippen LogP contribution in [0.15, 0.2) is 0 Å². The number of aliphatic hydroxyl groups excluding tert-OH is 1. The first-order valence-corrected chi connectivity index (χ1v) is 8.63. The Morgan fingerprint density at radius 3 is 2.55 bits per heavy atom. The van der Waals surface area contributed by atoms with Gasteiger partial charge in [0.1, 0.15) is 0 Å². The van der Waals surface area contributed by atoms with Gasteiger partial charge in [0.2, 0.25) is 0 Å². The molecule has 0 aromatic heterocycles. The summed E-state index contributed by atoms with van der Waals surface area (Å²) in [5.74, 6) is 1.97. The molecule has 2 rings (SSSR count). The third kappa shape index (κ3) is 4.44. The van der Waals surface area contributed by atoms with Crippen LogP contribution >= 0.6 is 0 Å². The van der Waals surface area contributed by atoms with Gasteiger partial charge < -0.3 is 15.3 Å². The molecule has 1 saturated heterocycles. The molecule has 3 heteroatoms. The van der Waals surface area contributed by atoms with Gasteiger partial charge in [-0.15, -0.1) is 0 Å². The van der Waals surface area contributed by atoms with Gasteiger partial charge in [-0.25, -0.2) is 0 Å². The highest BCUT2D eigenvalue weighted by molar-refractivity contribution is 4.88. The maximum Gasteiger partial charge on any atom is 0.0611 e. The summed E-state index contributed by atoms with van der Waals surface area (Å²) in [6, 6.07) is 0.427. The van der Waals surface area contributed by atoms with Gasteiger partial charge in [-0.05, 0) is 51.1 Å². The van der Waals surface area contributed by atoms with Crippen LogP contribution in [0.2, 0.25) is 0 Å². The first-order valence-electron chi connectivity index (χ1n) is 8.63. The molecule has 1 heterocycles. The van der Waals surface area contributed by atoms with Crippen molar-refractivity contribution in [3.63, 3.8) is 0 Å². The second kappa shape index (κ2) is 7.24. The molecule has 1 saturated carbocycles. The number of likely N-dealkylation sites (tertiary alicyclic amines) is 1. The van der Waals surface area contributed by atoms with Crippen LogP contribution in [0, 0.1) is 11.8 Å². The van der Waals surface area contributed by atoms with E-state index in [0.29, 0.717) is 6.04 Å². The maximum atomic E-state index is 9.67. The number of rotatable bonds is 6. The van der Waals surface area contributed by atoms with E-state index in [1.165, 1.54) is 45.2 Å². The smallest absolute Gasteiger partial charge is 0.0611 e. The normalized spacial score (nSPS) is 31.1. The van der Waals surface area contributed by atoms with Crippen molar-refractivity contribution in [1.29, 1.82) is 0 Å². The molecule has 118 valence electrons. The van der Waals surface area contributed by atoms with Crippen LogP contribution in [-0.2, 0) is 0 Å². The van der Waals surface area contributed by atoms with E-state index >= 15 is 0 Å². The predicted octanol–water partition coefficient (Wildman–Crippen LogP) is 2.64. The first-order chi connectivity index (χ1) is 9.52. The molecule has 0 bridgehead atoms. The summed E-state index contributed by atoms with van der Waals surface area (Å²) in [7, 11) is 0. The molecule has 3 unspecified atom stereocenters. The summed E-state index contributed by atoms with van der Waals surface area (Å²) in [6.45, 7) is 10.4. The van der Waals surface area contributed by atoms with Gasteiger partial charge in [0.15, 0.2) is 0 Å². The Balaban J connectivity index is 1.78. The number of piperidine rings is 1. The third-order valence-corrected chi connectivity index (χ3v) is 5.34. The van der Waals surface area contributed by atoms with Crippen molar-refractivity contribution >= 4 is 0 Å². The van der Waals surface area contributed by atoms with Crippen LogP contribution in [0.3, 0.4) is 0 Å². The van der Waals surface area contributed by atoms with Crippen LogP contribution in [-0.4, -0.2) is 47.8 Å². The monoisotopic (exact) mass is 282 g/mol. The SMILES string of the molecule is CC(C)NC(C)(CO)CCN1CCC2CCCCC2C1. The van der Waals surface area contributed by atoms with E-state index in [1.54, 1.807) is 0 Å². The summed E-state index contributed by atoms with van der Waals surface area (Å²) in [5.41, 5.74) is -0.127. The number of hydrogen-bond donors (Lipinski definition) is 2. The molecule has 0 amide bonds. The lowest BCUT2D eigenvalue weighted by Gasteiger charge is -2.42. The topological polar surface area (TPSA) is 35.5 Å². The third-order valence-electron chi connectivity index (χ3n) is 5.34. The highest BCUT2D eigenvalue weighted by atomic mass is 16.3. The lowest BCUT2D eigenvalue weighted by Crippen LogP contribution is -2.52. The number of fused-ring (bicyclic) bond motifs is 1. The zero-order valence-electron chi connectivity index (χ0n) is 13.7. The molecule has 0 aromatic carbocycles. The lowest BCUT2D eigenvalue weighted by molar-refractivity contribution is 0.0714. The minimum absolute atomic E-state index is 0.127. The number of nitrogens with zero attached hydrogens (tertiary/aromatic N) is 1. The van der Waals surface area contributed by atoms with Crippen LogP contribution < -0.4 is 5.32 Å². The lowest BCUT2D eigenvalue weighted by atomic mass is 9.75. The van der Waals surface area contributed by atoms with Crippen molar-refractivity contribution < 1.29 is 5.11 Å². The Labute approximate surface area is 125 Å². The summed E-state index contributed by atoms with van der Waals surface area (Å²) < 4.78 is 0. The van der Waals surface area contributed by atoms with E-state index in [1.807, 2.05) is 0 Å². The maximum absolute atomic E-state index is 9.67. The van der Waals surface area contributed by atoms with Gasteiger partial charge in [-0.2, -0.15) is 0 Å². The molecule has 20 heavy (non-hydrogen) atoms.